The van der Waals surface area contributed by atoms with Gasteiger partial charge in [-0.1, -0.05) is 22.0 Å². The molecule has 4 nitrogen and oxygen atoms in total. The minimum absolute atomic E-state index is 0.210. The van der Waals surface area contributed by atoms with Gasteiger partial charge >= 0.3 is 0 Å². The fourth-order valence-corrected chi connectivity index (χ4v) is 3.29. The van der Waals surface area contributed by atoms with Crippen LogP contribution in [0, 0.1) is 5.82 Å². The Morgan fingerprint density at radius 2 is 2.17 bits per heavy atom. The molecule has 0 bridgehead atoms. The van der Waals surface area contributed by atoms with Crippen LogP contribution in [0.3, 0.4) is 0 Å². The summed E-state index contributed by atoms with van der Waals surface area (Å²) in [6.45, 7) is 4.90. The standard InChI is InChI=1S/C17H21BrFN3OS/c1-3-20-16(21-10-12-9-13(18)6-7-14(12)19)22-11-17(2,23)15-5-4-8-24-15/h4-9,23H,3,10-11H2,1-2H3,(H2,20,21,22). The zero-order valence-corrected chi connectivity index (χ0v) is 16.0. The molecule has 2 aromatic rings. The van der Waals surface area contributed by atoms with Crippen molar-refractivity contribution in [2.75, 3.05) is 13.1 Å². The average molecular weight is 414 g/mol. The molecule has 7 heteroatoms. The zero-order valence-electron chi connectivity index (χ0n) is 13.6. The van der Waals surface area contributed by atoms with Gasteiger partial charge in [0.1, 0.15) is 11.4 Å². The van der Waals surface area contributed by atoms with E-state index in [1.54, 1.807) is 19.1 Å². The van der Waals surface area contributed by atoms with E-state index in [2.05, 4.69) is 31.6 Å². The lowest BCUT2D eigenvalue weighted by Crippen LogP contribution is -2.44. The molecule has 0 saturated heterocycles. The van der Waals surface area contributed by atoms with Crippen molar-refractivity contribution in [1.29, 1.82) is 0 Å². The first-order valence-corrected chi connectivity index (χ1v) is 9.32. The second kappa shape index (κ2) is 8.60. The van der Waals surface area contributed by atoms with Gasteiger partial charge in [0.15, 0.2) is 5.96 Å². The van der Waals surface area contributed by atoms with Crippen molar-refractivity contribution < 1.29 is 9.50 Å². The van der Waals surface area contributed by atoms with Crippen molar-refractivity contribution in [2.45, 2.75) is 26.0 Å². The minimum Gasteiger partial charge on any atom is -0.383 e. The van der Waals surface area contributed by atoms with E-state index in [1.165, 1.54) is 17.4 Å². The Morgan fingerprint density at radius 3 is 2.83 bits per heavy atom. The Hall–Kier alpha value is -1.44. The fraction of sp³-hybridized carbons (Fsp3) is 0.353. The quantitative estimate of drug-likeness (QED) is 0.500. The molecule has 1 heterocycles. The number of hydrogen-bond acceptors (Lipinski definition) is 3. The van der Waals surface area contributed by atoms with E-state index in [9.17, 15) is 9.50 Å². The van der Waals surface area contributed by atoms with Crippen LogP contribution < -0.4 is 10.6 Å². The van der Waals surface area contributed by atoms with Gasteiger partial charge in [0.2, 0.25) is 0 Å². The maximum Gasteiger partial charge on any atom is 0.191 e. The summed E-state index contributed by atoms with van der Waals surface area (Å²) in [5, 5.41) is 18.7. The minimum atomic E-state index is -0.995. The summed E-state index contributed by atoms with van der Waals surface area (Å²) in [4.78, 5) is 5.27. The first kappa shape index (κ1) is 18.9. The number of aliphatic hydroxyl groups is 1. The molecule has 0 amide bonds. The Labute approximate surface area is 154 Å². The van der Waals surface area contributed by atoms with Crippen LogP contribution in [-0.4, -0.2) is 24.2 Å². The van der Waals surface area contributed by atoms with Crippen LogP contribution in [0.25, 0.3) is 0 Å². The van der Waals surface area contributed by atoms with Crippen LogP contribution in [0.1, 0.15) is 24.3 Å². The average Bonchev–Trinajstić information content (AvgIpc) is 3.08. The van der Waals surface area contributed by atoms with Crippen molar-refractivity contribution in [3.63, 3.8) is 0 Å². The first-order valence-electron chi connectivity index (χ1n) is 7.65. The summed E-state index contributed by atoms with van der Waals surface area (Å²) < 4.78 is 14.6. The lowest BCUT2D eigenvalue weighted by atomic mass is 10.1. The van der Waals surface area contributed by atoms with Crippen LogP contribution in [0.4, 0.5) is 4.39 Å². The summed E-state index contributed by atoms with van der Waals surface area (Å²) in [7, 11) is 0. The molecule has 0 spiro atoms. The Balaban J connectivity index is 2.04. The molecule has 0 aliphatic heterocycles. The molecular formula is C17H21BrFN3OS. The van der Waals surface area contributed by atoms with Crippen molar-refractivity contribution in [3.8, 4) is 0 Å². The van der Waals surface area contributed by atoms with E-state index >= 15 is 0 Å². The molecule has 1 unspecified atom stereocenters. The third kappa shape index (κ3) is 5.29. The zero-order chi connectivity index (χ0) is 17.6. The third-order valence-corrected chi connectivity index (χ3v) is 5.03. The van der Waals surface area contributed by atoms with E-state index in [1.807, 2.05) is 24.4 Å². The van der Waals surface area contributed by atoms with Gasteiger partial charge in [-0.3, -0.25) is 0 Å². The highest BCUT2D eigenvalue weighted by Gasteiger charge is 2.24. The predicted octanol–water partition coefficient (Wildman–Crippen LogP) is 3.61. The van der Waals surface area contributed by atoms with Gasteiger partial charge in [-0.2, -0.15) is 0 Å². The van der Waals surface area contributed by atoms with Gasteiger partial charge in [0, 0.05) is 21.5 Å². The van der Waals surface area contributed by atoms with E-state index in [-0.39, 0.29) is 12.4 Å². The highest BCUT2D eigenvalue weighted by molar-refractivity contribution is 9.10. The Morgan fingerprint density at radius 1 is 1.38 bits per heavy atom. The maximum absolute atomic E-state index is 13.8. The largest absolute Gasteiger partial charge is 0.383 e. The third-order valence-electron chi connectivity index (χ3n) is 3.41. The molecule has 0 radical (unpaired) electrons. The van der Waals surface area contributed by atoms with Gasteiger partial charge in [-0.05, 0) is 43.5 Å². The van der Waals surface area contributed by atoms with E-state index in [0.717, 1.165) is 9.35 Å². The van der Waals surface area contributed by atoms with Crippen LogP contribution in [0.2, 0.25) is 0 Å². The van der Waals surface area contributed by atoms with Crippen LogP contribution in [0.5, 0.6) is 0 Å². The molecular weight excluding hydrogens is 393 g/mol. The summed E-state index contributed by atoms with van der Waals surface area (Å²) in [5.74, 6) is 0.247. The SMILES string of the molecule is CCNC(=NCc1cc(Br)ccc1F)NCC(C)(O)c1cccs1. The van der Waals surface area contributed by atoms with E-state index in [4.69, 9.17) is 0 Å². The van der Waals surface area contributed by atoms with Gasteiger partial charge in [-0.25, -0.2) is 9.38 Å². The molecule has 0 aliphatic carbocycles. The fourth-order valence-electron chi connectivity index (χ4n) is 2.10. The van der Waals surface area contributed by atoms with Gasteiger partial charge in [0.05, 0.1) is 13.1 Å². The molecule has 0 fully saturated rings. The molecule has 130 valence electrons. The molecule has 2 rings (SSSR count). The lowest BCUT2D eigenvalue weighted by Gasteiger charge is -2.23. The van der Waals surface area contributed by atoms with Crippen LogP contribution >= 0.6 is 27.3 Å². The highest BCUT2D eigenvalue weighted by Crippen LogP contribution is 2.24. The number of nitrogens with one attached hydrogen (secondary N) is 2. The summed E-state index contributed by atoms with van der Waals surface area (Å²) in [6.07, 6.45) is 0. The van der Waals surface area contributed by atoms with Crippen molar-refractivity contribution in [2.24, 2.45) is 4.99 Å². The normalized spacial score (nSPS) is 14.3. The Bertz CT molecular complexity index is 689. The number of halogens is 2. The van der Waals surface area contributed by atoms with Gasteiger partial charge in [-0.15, -0.1) is 11.3 Å². The topological polar surface area (TPSA) is 56.7 Å². The number of benzene rings is 1. The molecule has 0 aliphatic rings. The molecule has 1 aromatic carbocycles. The number of guanidine groups is 1. The van der Waals surface area contributed by atoms with Gasteiger partial charge in [0.25, 0.3) is 0 Å². The van der Waals surface area contributed by atoms with Crippen molar-refractivity contribution >= 4 is 33.2 Å². The van der Waals surface area contributed by atoms with E-state index in [0.29, 0.717) is 24.6 Å². The number of nitrogens with zero attached hydrogens (tertiary/aromatic N) is 1. The summed E-state index contributed by atoms with van der Waals surface area (Å²) >= 11 is 4.84. The molecule has 3 N–H and O–H groups in total. The number of hydrogen-bond donors (Lipinski definition) is 3. The number of thiophene rings is 1. The smallest absolute Gasteiger partial charge is 0.191 e. The van der Waals surface area contributed by atoms with Crippen molar-refractivity contribution in [3.05, 3.63) is 56.4 Å². The highest BCUT2D eigenvalue weighted by atomic mass is 79.9. The van der Waals surface area contributed by atoms with Crippen molar-refractivity contribution in [1.82, 2.24) is 10.6 Å². The molecule has 1 atom stereocenters. The first-order chi connectivity index (χ1) is 11.4. The Kier molecular flexibility index (Phi) is 6.77. The monoisotopic (exact) mass is 413 g/mol. The predicted molar refractivity (Wildman–Crippen MR) is 101 cm³/mol. The van der Waals surface area contributed by atoms with Gasteiger partial charge < -0.3 is 15.7 Å². The second-order valence-electron chi connectivity index (χ2n) is 5.54. The summed E-state index contributed by atoms with van der Waals surface area (Å²) in [6, 6.07) is 8.59. The lowest BCUT2D eigenvalue weighted by molar-refractivity contribution is 0.0655. The van der Waals surface area contributed by atoms with Crippen LogP contribution in [-0.2, 0) is 12.1 Å². The molecule has 0 saturated carbocycles. The van der Waals surface area contributed by atoms with Crippen LogP contribution in [0.15, 0.2) is 45.2 Å². The molecule has 1 aromatic heterocycles. The van der Waals surface area contributed by atoms with E-state index < -0.39 is 5.60 Å². The second-order valence-corrected chi connectivity index (χ2v) is 7.40. The maximum atomic E-state index is 13.8. The molecule has 24 heavy (non-hydrogen) atoms. The number of aliphatic imine (C=N–C) groups is 1. The summed E-state index contributed by atoms with van der Waals surface area (Å²) in [5.41, 5.74) is -0.489. The number of rotatable bonds is 6.